The molecule has 6 nitrogen and oxygen atoms in total. The third-order valence-corrected chi connectivity index (χ3v) is 6.37. The van der Waals surface area contributed by atoms with Crippen LogP contribution in [-0.2, 0) is 14.8 Å². The Bertz CT molecular complexity index is 878. The molecule has 1 heterocycles. The van der Waals surface area contributed by atoms with E-state index in [1.165, 1.54) is 12.1 Å². The highest BCUT2D eigenvalue weighted by atomic mass is 79.9. The van der Waals surface area contributed by atoms with Crippen LogP contribution in [0.25, 0.3) is 0 Å². The summed E-state index contributed by atoms with van der Waals surface area (Å²) in [5, 5.41) is 4.28. The average molecular weight is 503 g/mol. The number of ether oxygens (including phenoxy) is 1. The minimum Gasteiger partial charge on any atom is -0.378 e. The summed E-state index contributed by atoms with van der Waals surface area (Å²) >= 11 is 7.07. The van der Waals surface area contributed by atoms with E-state index in [0.717, 1.165) is 14.5 Å². The molecule has 0 bridgehead atoms. The molecule has 1 aliphatic rings. The van der Waals surface area contributed by atoms with Crippen LogP contribution in [0.4, 0.5) is 0 Å². The molecule has 1 saturated heterocycles. The van der Waals surface area contributed by atoms with E-state index in [1.54, 1.807) is 18.2 Å². The molecular weight excluding hydrogens is 486 g/mol. The molecule has 1 fully saturated rings. The zero-order chi connectivity index (χ0) is 18.6. The molecule has 138 valence electrons. The van der Waals surface area contributed by atoms with Crippen LogP contribution < -0.4 is 4.83 Å². The van der Waals surface area contributed by atoms with E-state index in [4.69, 9.17) is 4.74 Å². The maximum atomic E-state index is 12.5. The Labute approximate surface area is 169 Å². The van der Waals surface area contributed by atoms with E-state index in [-0.39, 0.29) is 4.90 Å². The summed E-state index contributed by atoms with van der Waals surface area (Å²) in [5.74, 6) is 0.534. The summed E-state index contributed by atoms with van der Waals surface area (Å²) < 4.78 is 32.1. The van der Waals surface area contributed by atoms with Crippen molar-refractivity contribution in [1.29, 1.82) is 0 Å². The number of hydrogen-bond acceptors (Lipinski definition) is 4. The number of benzene rings is 2. The summed E-state index contributed by atoms with van der Waals surface area (Å²) in [6, 6.07) is 13.8. The SMILES string of the molecule is O=S(=O)(N/N=C(\c1c(Br)cccc1Br)N1CCOCC1)c1ccccc1. The van der Waals surface area contributed by atoms with E-state index >= 15 is 0 Å². The smallest absolute Gasteiger partial charge is 0.276 e. The first-order valence-electron chi connectivity index (χ1n) is 7.90. The number of halogens is 2. The predicted octanol–water partition coefficient (Wildman–Crippen LogP) is 3.18. The van der Waals surface area contributed by atoms with Gasteiger partial charge in [-0.15, -0.1) is 5.10 Å². The van der Waals surface area contributed by atoms with Crippen molar-refractivity contribution in [1.82, 2.24) is 9.73 Å². The second-order valence-corrected chi connectivity index (χ2v) is 8.91. The molecule has 3 rings (SSSR count). The lowest BCUT2D eigenvalue weighted by Gasteiger charge is -2.30. The second-order valence-electron chi connectivity index (χ2n) is 5.54. The predicted molar refractivity (Wildman–Crippen MR) is 108 cm³/mol. The topological polar surface area (TPSA) is 71.0 Å². The van der Waals surface area contributed by atoms with Gasteiger partial charge in [-0.1, -0.05) is 24.3 Å². The van der Waals surface area contributed by atoms with Gasteiger partial charge in [0.15, 0.2) is 5.84 Å². The van der Waals surface area contributed by atoms with Crippen molar-refractivity contribution in [2.45, 2.75) is 4.90 Å². The molecule has 0 aromatic heterocycles. The largest absolute Gasteiger partial charge is 0.378 e. The molecule has 2 aromatic rings. The monoisotopic (exact) mass is 501 g/mol. The molecule has 0 radical (unpaired) electrons. The molecule has 9 heteroatoms. The Morgan fingerprint density at radius 1 is 1.00 bits per heavy atom. The molecule has 1 aliphatic heterocycles. The van der Waals surface area contributed by atoms with Gasteiger partial charge in [0, 0.05) is 27.6 Å². The first-order chi connectivity index (χ1) is 12.5. The number of hydrazone groups is 1. The van der Waals surface area contributed by atoms with Gasteiger partial charge in [0.1, 0.15) is 0 Å². The highest BCUT2D eigenvalue weighted by molar-refractivity contribution is 9.11. The Kier molecular flexibility index (Phi) is 6.33. The van der Waals surface area contributed by atoms with E-state index in [1.807, 2.05) is 23.1 Å². The van der Waals surface area contributed by atoms with Crippen molar-refractivity contribution in [2.75, 3.05) is 26.3 Å². The first-order valence-corrected chi connectivity index (χ1v) is 11.0. The number of sulfonamides is 1. The van der Waals surface area contributed by atoms with Gasteiger partial charge in [-0.2, -0.15) is 13.2 Å². The summed E-state index contributed by atoms with van der Waals surface area (Å²) in [7, 11) is -3.75. The number of hydrogen-bond donors (Lipinski definition) is 1. The zero-order valence-corrected chi connectivity index (χ0v) is 17.7. The minimum absolute atomic E-state index is 0.163. The van der Waals surface area contributed by atoms with Gasteiger partial charge in [0.2, 0.25) is 0 Å². The van der Waals surface area contributed by atoms with E-state index in [0.29, 0.717) is 32.1 Å². The van der Waals surface area contributed by atoms with Crippen molar-refractivity contribution < 1.29 is 13.2 Å². The highest BCUT2D eigenvalue weighted by Crippen LogP contribution is 2.27. The van der Waals surface area contributed by atoms with Crippen LogP contribution in [0.3, 0.4) is 0 Å². The Morgan fingerprint density at radius 2 is 1.62 bits per heavy atom. The lowest BCUT2D eigenvalue weighted by molar-refractivity contribution is 0.0681. The molecular formula is C17H17Br2N3O3S. The number of nitrogens with zero attached hydrogens (tertiary/aromatic N) is 2. The Morgan fingerprint density at radius 3 is 2.23 bits per heavy atom. The summed E-state index contributed by atoms with van der Waals surface area (Å²) in [6.45, 7) is 2.37. The van der Waals surface area contributed by atoms with Crippen LogP contribution in [0.1, 0.15) is 5.56 Å². The highest BCUT2D eigenvalue weighted by Gasteiger charge is 2.22. The molecule has 2 aromatic carbocycles. The zero-order valence-electron chi connectivity index (χ0n) is 13.7. The van der Waals surface area contributed by atoms with Gasteiger partial charge in [-0.25, -0.2) is 0 Å². The number of morpholine rings is 1. The van der Waals surface area contributed by atoms with Gasteiger partial charge < -0.3 is 9.64 Å². The minimum atomic E-state index is -3.75. The maximum Gasteiger partial charge on any atom is 0.276 e. The Hall–Kier alpha value is -1.42. The number of amidine groups is 1. The van der Waals surface area contributed by atoms with Crippen LogP contribution in [0, 0.1) is 0 Å². The standard InChI is InChI=1S/C17H17Br2N3O3S/c18-14-7-4-8-15(19)16(14)17(22-9-11-25-12-10-22)20-21-26(23,24)13-5-2-1-3-6-13/h1-8,21H,9-12H2/b20-17+. The summed E-state index contributed by atoms with van der Waals surface area (Å²) in [5.41, 5.74) is 0.783. The normalized spacial score (nSPS) is 15.8. The van der Waals surface area contributed by atoms with Crippen LogP contribution in [0.2, 0.25) is 0 Å². The fourth-order valence-electron chi connectivity index (χ4n) is 2.53. The van der Waals surface area contributed by atoms with Gasteiger partial charge in [0.05, 0.1) is 18.1 Å². The van der Waals surface area contributed by atoms with Crippen LogP contribution >= 0.6 is 31.9 Å². The van der Waals surface area contributed by atoms with E-state index < -0.39 is 10.0 Å². The van der Waals surface area contributed by atoms with Crippen molar-refractivity contribution in [2.24, 2.45) is 5.10 Å². The molecule has 0 saturated carbocycles. The molecule has 0 unspecified atom stereocenters. The maximum absolute atomic E-state index is 12.5. The fourth-order valence-corrected chi connectivity index (χ4v) is 4.71. The summed E-state index contributed by atoms with van der Waals surface area (Å²) in [4.78, 5) is 4.53. The van der Waals surface area contributed by atoms with Crippen molar-refractivity contribution in [3.63, 3.8) is 0 Å². The van der Waals surface area contributed by atoms with Crippen molar-refractivity contribution in [3.05, 3.63) is 63.0 Å². The van der Waals surface area contributed by atoms with Gasteiger partial charge >= 0.3 is 0 Å². The molecule has 26 heavy (non-hydrogen) atoms. The molecule has 0 atom stereocenters. The molecule has 1 N–H and O–H groups in total. The lowest BCUT2D eigenvalue weighted by atomic mass is 10.2. The Balaban J connectivity index is 1.99. The quantitative estimate of drug-likeness (QED) is 0.396. The number of rotatable bonds is 4. The number of nitrogens with one attached hydrogen (secondary N) is 1. The van der Waals surface area contributed by atoms with Crippen molar-refractivity contribution >= 4 is 47.7 Å². The lowest BCUT2D eigenvalue weighted by Crippen LogP contribution is -2.42. The van der Waals surface area contributed by atoms with Gasteiger partial charge in [0.25, 0.3) is 10.0 Å². The molecule has 0 spiro atoms. The third kappa shape index (κ3) is 4.46. The van der Waals surface area contributed by atoms with Gasteiger partial charge in [-0.05, 0) is 56.1 Å². The van der Waals surface area contributed by atoms with Crippen LogP contribution in [-0.4, -0.2) is 45.5 Å². The molecule has 0 amide bonds. The average Bonchev–Trinajstić information content (AvgIpc) is 2.65. The van der Waals surface area contributed by atoms with Crippen LogP contribution in [0.15, 0.2) is 67.5 Å². The van der Waals surface area contributed by atoms with E-state index in [9.17, 15) is 8.42 Å². The third-order valence-electron chi connectivity index (χ3n) is 3.82. The second kappa shape index (κ2) is 8.51. The van der Waals surface area contributed by atoms with Crippen LogP contribution in [0.5, 0.6) is 0 Å². The molecule has 0 aliphatic carbocycles. The fraction of sp³-hybridized carbons (Fsp3) is 0.235. The van der Waals surface area contributed by atoms with Crippen molar-refractivity contribution in [3.8, 4) is 0 Å². The van der Waals surface area contributed by atoms with E-state index in [2.05, 4.69) is 41.8 Å². The van der Waals surface area contributed by atoms with Gasteiger partial charge in [-0.3, -0.25) is 0 Å². The first kappa shape index (κ1) is 19.3. The summed E-state index contributed by atoms with van der Waals surface area (Å²) in [6.07, 6.45) is 0.